The largest absolute Gasteiger partial charge is 0.452 e. The average molecular weight is 412 g/mol. The normalized spacial score (nSPS) is 14.3. The molecule has 0 saturated carbocycles. The Hall–Kier alpha value is -3.66. The smallest absolute Gasteiger partial charge is 0.343 e. The van der Waals surface area contributed by atoms with Crippen LogP contribution in [0, 0.1) is 6.92 Å². The second-order valence-corrected chi connectivity index (χ2v) is 8.73. The third-order valence-corrected chi connectivity index (χ3v) is 5.18. The Balaban J connectivity index is 1.51. The topological polar surface area (TPSA) is 52.6 Å². The van der Waals surface area contributed by atoms with E-state index < -0.39 is 5.97 Å². The monoisotopic (exact) mass is 412 g/mol. The summed E-state index contributed by atoms with van der Waals surface area (Å²) in [5, 5.41) is 0. The molecule has 0 spiro atoms. The highest BCUT2D eigenvalue weighted by Crippen LogP contribution is 2.35. The molecule has 0 bridgehead atoms. The summed E-state index contributed by atoms with van der Waals surface area (Å²) in [7, 11) is 0. The minimum Gasteiger partial charge on any atom is -0.452 e. The van der Waals surface area contributed by atoms with Crippen molar-refractivity contribution in [3.8, 4) is 11.5 Å². The number of allylic oxidation sites excluding steroid dienone is 1. The second kappa shape index (κ2) is 7.88. The van der Waals surface area contributed by atoms with Crippen LogP contribution in [0.25, 0.3) is 6.08 Å². The number of carbonyl (C=O) groups excluding carboxylic acids is 2. The van der Waals surface area contributed by atoms with Crippen LogP contribution in [-0.2, 0) is 5.41 Å². The standard InChI is InChI=1S/C27H24O4/c1-17-6-5-7-18(14-17)15-24-25(28)22-13-12-21(16-23(22)31-24)30-26(29)19-8-10-20(11-9-19)27(2,3)4/h5-16H,1-4H3. The van der Waals surface area contributed by atoms with Crippen LogP contribution < -0.4 is 9.47 Å². The lowest BCUT2D eigenvalue weighted by Gasteiger charge is -2.18. The van der Waals surface area contributed by atoms with E-state index in [-0.39, 0.29) is 17.0 Å². The van der Waals surface area contributed by atoms with E-state index in [2.05, 4.69) is 20.8 Å². The summed E-state index contributed by atoms with van der Waals surface area (Å²) >= 11 is 0. The zero-order valence-corrected chi connectivity index (χ0v) is 18.1. The number of ketones is 1. The van der Waals surface area contributed by atoms with E-state index in [9.17, 15) is 9.59 Å². The Bertz CT molecular complexity index is 1190. The molecule has 0 N–H and O–H groups in total. The minimum atomic E-state index is -0.458. The number of hydrogen-bond donors (Lipinski definition) is 0. The van der Waals surface area contributed by atoms with Crippen LogP contribution in [0.4, 0.5) is 0 Å². The van der Waals surface area contributed by atoms with Crippen molar-refractivity contribution < 1.29 is 19.1 Å². The number of carbonyl (C=O) groups is 2. The fourth-order valence-corrected chi connectivity index (χ4v) is 3.41. The molecule has 0 radical (unpaired) electrons. The van der Waals surface area contributed by atoms with Crippen LogP contribution in [0.1, 0.15) is 58.2 Å². The van der Waals surface area contributed by atoms with Crippen molar-refractivity contribution in [2.75, 3.05) is 0 Å². The summed E-state index contributed by atoms with van der Waals surface area (Å²) in [4.78, 5) is 25.2. The van der Waals surface area contributed by atoms with Gasteiger partial charge in [-0.15, -0.1) is 0 Å². The van der Waals surface area contributed by atoms with Crippen LogP contribution in [-0.4, -0.2) is 11.8 Å². The maximum atomic E-state index is 12.7. The molecule has 0 aromatic heterocycles. The Morgan fingerprint density at radius 3 is 2.39 bits per heavy atom. The third kappa shape index (κ3) is 4.43. The van der Waals surface area contributed by atoms with E-state index in [0.29, 0.717) is 22.6 Å². The molecule has 1 heterocycles. The quantitative estimate of drug-likeness (QED) is 0.295. The molecule has 156 valence electrons. The highest BCUT2D eigenvalue weighted by molar-refractivity contribution is 6.14. The van der Waals surface area contributed by atoms with Gasteiger partial charge < -0.3 is 9.47 Å². The zero-order valence-electron chi connectivity index (χ0n) is 18.1. The van der Waals surface area contributed by atoms with E-state index in [1.807, 2.05) is 43.3 Å². The molecule has 0 aliphatic carbocycles. The molecule has 1 aliphatic heterocycles. The van der Waals surface area contributed by atoms with Crippen molar-refractivity contribution in [1.29, 1.82) is 0 Å². The van der Waals surface area contributed by atoms with Gasteiger partial charge in [-0.1, -0.05) is 62.7 Å². The predicted molar refractivity (Wildman–Crippen MR) is 121 cm³/mol. The highest BCUT2D eigenvalue weighted by atomic mass is 16.5. The summed E-state index contributed by atoms with van der Waals surface area (Å²) in [6, 6.07) is 20.0. The Kier molecular flexibility index (Phi) is 5.24. The molecular weight excluding hydrogens is 388 g/mol. The number of benzene rings is 3. The minimum absolute atomic E-state index is 0.00989. The number of esters is 1. The SMILES string of the molecule is Cc1cccc(C=C2Oc3cc(OC(=O)c4ccc(C(C)(C)C)cc4)ccc3C2=O)c1. The maximum absolute atomic E-state index is 12.7. The molecule has 0 fully saturated rings. The molecule has 3 aromatic carbocycles. The van der Waals surface area contributed by atoms with Gasteiger partial charge in [-0.05, 0) is 53.8 Å². The molecule has 0 atom stereocenters. The molecule has 4 heteroatoms. The van der Waals surface area contributed by atoms with Crippen molar-refractivity contribution in [2.45, 2.75) is 33.1 Å². The van der Waals surface area contributed by atoms with Crippen molar-refractivity contribution in [2.24, 2.45) is 0 Å². The first-order chi connectivity index (χ1) is 14.7. The lowest BCUT2D eigenvalue weighted by Crippen LogP contribution is -2.12. The fourth-order valence-electron chi connectivity index (χ4n) is 3.41. The number of fused-ring (bicyclic) bond motifs is 1. The van der Waals surface area contributed by atoms with Crippen LogP contribution in [0.2, 0.25) is 0 Å². The van der Waals surface area contributed by atoms with Crippen LogP contribution in [0.5, 0.6) is 11.5 Å². The molecule has 31 heavy (non-hydrogen) atoms. The van der Waals surface area contributed by atoms with Crippen molar-refractivity contribution in [3.63, 3.8) is 0 Å². The van der Waals surface area contributed by atoms with E-state index in [4.69, 9.17) is 9.47 Å². The lowest BCUT2D eigenvalue weighted by molar-refractivity contribution is 0.0734. The first kappa shape index (κ1) is 20.6. The molecule has 0 unspecified atom stereocenters. The van der Waals surface area contributed by atoms with Gasteiger partial charge in [0.2, 0.25) is 5.78 Å². The molecule has 0 amide bonds. The third-order valence-electron chi connectivity index (χ3n) is 5.18. The van der Waals surface area contributed by atoms with Gasteiger partial charge in [-0.25, -0.2) is 4.79 Å². The van der Waals surface area contributed by atoms with Gasteiger partial charge >= 0.3 is 5.97 Å². The predicted octanol–water partition coefficient (Wildman–Crippen LogP) is 6.13. The molecule has 3 aromatic rings. The highest BCUT2D eigenvalue weighted by Gasteiger charge is 2.28. The van der Waals surface area contributed by atoms with Gasteiger partial charge in [0.05, 0.1) is 11.1 Å². The number of Topliss-reactive ketones (excluding diaryl/α,β-unsaturated/α-hetero) is 1. The summed E-state index contributed by atoms with van der Waals surface area (Å²) in [6.45, 7) is 8.35. The Labute approximate surface area is 182 Å². The summed E-state index contributed by atoms with van der Waals surface area (Å²) in [6.07, 6.45) is 1.72. The molecule has 4 nitrogen and oxygen atoms in total. The molecule has 4 rings (SSSR count). The van der Waals surface area contributed by atoms with Crippen molar-refractivity contribution in [3.05, 3.63) is 100 Å². The molecule has 1 aliphatic rings. The van der Waals surface area contributed by atoms with Crippen molar-refractivity contribution >= 4 is 17.8 Å². The van der Waals surface area contributed by atoms with E-state index in [1.54, 1.807) is 36.4 Å². The molecular formula is C27H24O4. The van der Waals surface area contributed by atoms with Crippen LogP contribution >= 0.6 is 0 Å². The number of hydrogen-bond acceptors (Lipinski definition) is 4. The van der Waals surface area contributed by atoms with Gasteiger partial charge in [-0.2, -0.15) is 0 Å². The van der Waals surface area contributed by atoms with Crippen molar-refractivity contribution in [1.82, 2.24) is 0 Å². The first-order valence-corrected chi connectivity index (χ1v) is 10.2. The average Bonchev–Trinajstić information content (AvgIpc) is 3.02. The van der Waals surface area contributed by atoms with Gasteiger partial charge in [-0.3, -0.25) is 4.79 Å². The molecule has 0 saturated heterocycles. The number of aryl methyl sites for hydroxylation is 1. The number of ether oxygens (including phenoxy) is 2. The fraction of sp³-hybridized carbons (Fsp3) is 0.185. The van der Waals surface area contributed by atoms with Crippen LogP contribution in [0.3, 0.4) is 0 Å². The second-order valence-electron chi connectivity index (χ2n) is 8.73. The van der Waals surface area contributed by atoms with E-state index >= 15 is 0 Å². The lowest BCUT2D eigenvalue weighted by atomic mass is 9.87. The van der Waals surface area contributed by atoms with E-state index in [0.717, 1.165) is 16.7 Å². The zero-order chi connectivity index (χ0) is 22.2. The van der Waals surface area contributed by atoms with Crippen LogP contribution in [0.15, 0.2) is 72.5 Å². The number of rotatable bonds is 3. The van der Waals surface area contributed by atoms with E-state index in [1.165, 1.54) is 0 Å². The summed E-state index contributed by atoms with van der Waals surface area (Å²) in [5.74, 6) is 0.319. The Morgan fingerprint density at radius 2 is 1.71 bits per heavy atom. The van der Waals surface area contributed by atoms with Gasteiger partial charge in [0.1, 0.15) is 11.5 Å². The maximum Gasteiger partial charge on any atom is 0.343 e. The summed E-state index contributed by atoms with van der Waals surface area (Å²) in [5.41, 5.74) is 4.06. The Morgan fingerprint density at radius 1 is 0.968 bits per heavy atom. The van der Waals surface area contributed by atoms with Gasteiger partial charge in [0, 0.05) is 6.07 Å². The van der Waals surface area contributed by atoms with Gasteiger partial charge in [0.25, 0.3) is 0 Å². The van der Waals surface area contributed by atoms with Gasteiger partial charge in [0.15, 0.2) is 5.76 Å². The first-order valence-electron chi connectivity index (χ1n) is 10.2. The summed E-state index contributed by atoms with van der Waals surface area (Å²) < 4.78 is 11.3.